The second kappa shape index (κ2) is 3.45. The van der Waals surface area contributed by atoms with E-state index in [2.05, 4.69) is 5.32 Å². The zero-order valence-electron chi connectivity index (χ0n) is 8.57. The highest BCUT2D eigenvalue weighted by atomic mass is 19.1. The number of anilines is 1. The third-order valence-electron chi connectivity index (χ3n) is 2.93. The molecule has 1 fully saturated rings. The molecule has 0 spiro atoms. The van der Waals surface area contributed by atoms with Gasteiger partial charge in [0.15, 0.2) is 6.61 Å². The molecule has 1 amide bonds. The molecule has 0 aromatic heterocycles. The van der Waals surface area contributed by atoms with Gasteiger partial charge in [-0.3, -0.25) is 4.79 Å². The monoisotopic (exact) mass is 222 g/mol. The van der Waals surface area contributed by atoms with Crippen LogP contribution in [0, 0.1) is 5.82 Å². The Balaban J connectivity index is 2.02. The molecule has 16 heavy (non-hydrogen) atoms. The summed E-state index contributed by atoms with van der Waals surface area (Å²) in [5, 5.41) is 3.11. The van der Waals surface area contributed by atoms with Crippen LogP contribution < -0.4 is 15.0 Å². The van der Waals surface area contributed by atoms with Gasteiger partial charge in [-0.15, -0.1) is 0 Å². The first-order valence-electron chi connectivity index (χ1n) is 5.21. The highest BCUT2D eigenvalue weighted by Gasteiger charge is 2.34. The standard InChI is InChI=1S/C11H11FN2O2/c12-7-1-2-9-10(3-7)16-6-11(15)14(9)8-4-13-5-8/h1-3,8,13H,4-6H2. The van der Waals surface area contributed by atoms with Crippen LogP contribution in [0.25, 0.3) is 0 Å². The highest BCUT2D eigenvalue weighted by Crippen LogP contribution is 2.34. The number of rotatable bonds is 1. The molecule has 0 atom stereocenters. The zero-order chi connectivity index (χ0) is 11.1. The van der Waals surface area contributed by atoms with E-state index in [1.165, 1.54) is 12.1 Å². The number of nitrogens with zero attached hydrogens (tertiary/aromatic N) is 1. The SMILES string of the molecule is O=C1COc2cc(F)ccc2N1C1CNC1. The van der Waals surface area contributed by atoms with E-state index >= 15 is 0 Å². The predicted molar refractivity (Wildman–Crippen MR) is 56.0 cm³/mol. The lowest BCUT2D eigenvalue weighted by atomic mass is 10.1. The highest BCUT2D eigenvalue weighted by molar-refractivity contribution is 5.98. The first-order valence-corrected chi connectivity index (χ1v) is 5.21. The molecule has 3 rings (SSSR count). The molecule has 5 heteroatoms. The Bertz CT molecular complexity index is 446. The molecule has 0 saturated carbocycles. The van der Waals surface area contributed by atoms with Gasteiger partial charge in [0.2, 0.25) is 0 Å². The summed E-state index contributed by atoms with van der Waals surface area (Å²) >= 11 is 0. The van der Waals surface area contributed by atoms with Crippen molar-refractivity contribution in [2.24, 2.45) is 0 Å². The molecule has 0 aliphatic carbocycles. The number of amides is 1. The van der Waals surface area contributed by atoms with Gasteiger partial charge in [0, 0.05) is 19.2 Å². The molecular weight excluding hydrogens is 211 g/mol. The molecule has 2 aliphatic rings. The lowest BCUT2D eigenvalue weighted by Gasteiger charge is -2.40. The van der Waals surface area contributed by atoms with E-state index in [9.17, 15) is 9.18 Å². The summed E-state index contributed by atoms with van der Waals surface area (Å²) in [6.45, 7) is 1.55. The Morgan fingerprint density at radius 3 is 2.94 bits per heavy atom. The lowest BCUT2D eigenvalue weighted by Crippen LogP contribution is -2.61. The molecule has 1 aromatic carbocycles. The molecule has 4 nitrogen and oxygen atoms in total. The van der Waals surface area contributed by atoms with E-state index in [1.54, 1.807) is 11.0 Å². The summed E-state index contributed by atoms with van der Waals surface area (Å²) < 4.78 is 18.2. The fraction of sp³-hybridized carbons (Fsp3) is 0.364. The van der Waals surface area contributed by atoms with Crippen molar-refractivity contribution in [2.45, 2.75) is 6.04 Å². The molecule has 1 N–H and O–H groups in total. The van der Waals surface area contributed by atoms with Gasteiger partial charge in [-0.05, 0) is 12.1 Å². The Morgan fingerprint density at radius 2 is 2.25 bits per heavy atom. The Labute approximate surface area is 92.0 Å². The zero-order valence-corrected chi connectivity index (χ0v) is 8.57. The molecule has 0 unspecified atom stereocenters. The van der Waals surface area contributed by atoms with Crippen molar-refractivity contribution in [1.29, 1.82) is 0 Å². The summed E-state index contributed by atoms with van der Waals surface area (Å²) in [5.74, 6) is 0.0388. The number of fused-ring (bicyclic) bond motifs is 1. The molecule has 2 aliphatic heterocycles. The van der Waals surface area contributed by atoms with Gasteiger partial charge in [-0.25, -0.2) is 4.39 Å². The minimum Gasteiger partial charge on any atom is -0.481 e. The molecule has 84 valence electrons. The molecule has 0 bridgehead atoms. The van der Waals surface area contributed by atoms with Crippen LogP contribution in [0.15, 0.2) is 18.2 Å². The van der Waals surface area contributed by atoms with Gasteiger partial charge < -0.3 is 15.0 Å². The van der Waals surface area contributed by atoms with Crippen molar-refractivity contribution in [2.75, 3.05) is 24.6 Å². The predicted octanol–water partition coefficient (Wildman–Crippen LogP) is 0.523. The van der Waals surface area contributed by atoms with Crippen LogP contribution in [-0.4, -0.2) is 31.6 Å². The van der Waals surface area contributed by atoms with Crippen LogP contribution in [0.3, 0.4) is 0 Å². The number of benzene rings is 1. The minimum absolute atomic E-state index is 0.00699. The van der Waals surface area contributed by atoms with Crippen molar-refractivity contribution in [3.63, 3.8) is 0 Å². The van der Waals surface area contributed by atoms with Crippen LogP contribution in [0.4, 0.5) is 10.1 Å². The maximum absolute atomic E-state index is 13.0. The number of hydrogen-bond acceptors (Lipinski definition) is 3. The van der Waals surface area contributed by atoms with Gasteiger partial charge in [0.05, 0.1) is 11.7 Å². The van der Waals surface area contributed by atoms with E-state index < -0.39 is 0 Å². The van der Waals surface area contributed by atoms with E-state index in [0.717, 1.165) is 13.1 Å². The number of carbonyl (C=O) groups excluding carboxylic acids is 1. The number of halogens is 1. The number of hydrogen-bond donors (Lipinski definition) is 1. The van der Waals surface area contributed by atoms with Gasteiger partial charge in [-0.1, -0.05) is 0 Å². The van der Waals surface area contributed by atoms with E-state index in [-0.39, 0.29) is 24.4 Å². The van der Waals surface area contributed by atoms with Crippen LogP contribution in [-0.2, 0) is 4.79 Å². The molecule has 2 heterocycles. The van der Waals surface area contributed by atoms with E-state index in [4.69, 9.17) is 4.74 Å². The summed E-state index contributed by atoms with van der Waals surface area (Å²) in [7, 11) is 0. The van der Waals surface area contributed by atoms with Gasteiger partial charge in [0.25, 0.3) is 5.91 Å². The Kier molecular flexibility index (Phi) is 2.07. The average Bonchev–Trinajstić information content (AvgIpc) is 2.19. The molecule has 1 aromatic rings. The van der Waals surface area contributed by atoms with Gasteiger partial charge >= 0.3 is 0 Å². The fourth-order valence-corrected chi connectivity index (χ4v) is 2.00. The maximum atomic E-state index is 13.0. The average molecular weight is 222 g/mol. The van der Waals surface area contributed by atoms with Crippen LogP contribution in [0.1, 0.15) is 0 Å². The quantitative estimate of drug-likeness (QED) is 0.753. The maximum Gasteiger partial charge on any atom is 0.265 e. The fourth-order valence-electron chi connectivity index (χ4n) is 2.00. The second-order valence-electron chi connectivity index (χ2n) is 3.98. The second-order valence-corrected chi connectivity index (χ2v) is 3.98. The van der Waals surface area contributed by atoms with Crippen molar-refractivity contribution in [1.82, 2.24) is 5.32 Å². The normalized spacial score (nSPS) is 20.1. The number of nitrogens with one attached hydrogen (secondary N) is 1. The van der Waals surface area contributed by atoms with Crippen LogP contribution >= 0.6 is 0 Å². The third kappa shape index (κ3) is 1.36. The van der Waals surface area contributed by atoms with Crippen molar-refractivity contribution in [3.05, 3.63) is 24.0 Å². The third-order valence-corrected chi connectivity index (χ3v) is 2.93. The first kappa shape index (κ1) is 9.59. The van der Waals surface area contributed by atoms with Crippen LogP contribution in [0.2, 0.25) is 0 Å². The van der Waals surface area contributed by atoms with Crippen molar-refractivity contribution < 1.29 is 13.9 Å². The number of ether oxygens (including phenoxy) is 1. The van der Waals surface area contributed by atoms with Crippen molar-refractivity contribution in [3.8, 4) is 5.75 Å². The summed E-state index contributed by atoms with van der Waals surface area (Å²) in [5.41, 5.74) is 0.671. The van der Waals surface area contributed by atoms with Gasteiger partial charge in [-0.2, -0.15) is 0 Å². The minimum atomic E-state index is -0.347. The number of carbonyl (C=O) groups is 1. The largest absolute Gasteiger partial charge is 0.481 e. The van der Waals surface area contributed by atoms with Crippen molar-refractivity contribution >= 4 is 11.6 Å². The van der Waals surface area contributed by atoms with Gasteiger partial charge in [0.1, 0.15) is 11.6 Å². The summed E-state index contributed by atoms with van der Waals surface area (Å²) in [6, 6.07) is 4.43. The molecule has 1 saturated heterocycles. The Hall–Kier alpha value is -1.62. The van der Waals surface area contributed by atoms with E-state index in [0.29, 0.717) is 11.4 Å². The molecular formula is C11H11FN2O2. The molecule has 0 radical (unpaired) electrons. The smallest absolute Gasteiger partial charge is 0.265 e. The summed E-state index contributed by atoms with van der Waals surface area (Å²) in [4.78, 5) is 13.5. The summed E-state index contributed by atoms with van der Waals surface area (Å²) in [6.07, 6.45) is 0. The topological polar surface area (TPSA) is 41.6 Å². The van der Waals surface area contributed by atoms with Crippen LogP contribution in [0.5, 0.6) is 5.75 Å². The van der Waals surface area contributed by atoms with E-state index in [1.807, 2.05) is 0 Å². The Morgan fingerprint density at radius 1 is 1.44 bits per heavy atom. The lowest BCUT2D eigenvalue weighted by molar-refractivity contribution is -0.122. The first-order chi connectivity index (χ1) is 7.75.